The molecular weight excluding hydrogens is 243 g/mol. The average Bonchev–Trinajstić information content (AvgIpc) is 2.17. The van der Waals surface area contributed by atoms with Crippen LogP contribution in [0.2, 0.25) is 0 Å². The van der Waals surface area contributed by atoms with Crippen LogP contribution in [-0.4, -0.2) is 12.3 Å². The summed E-state index contributed by atoms with van der Waals surface area (Å²) in [6.45, 7) is -0.157. The summed E-state index contributed by atoms with van der Waals surface area (Å²) in [5.74, 6) is -0.283. The quantitative estimate of drug-likeness (QED) is 0.897. The van der Waals surface area contributed by atoms with Gasteiger partial charge in [-0.3, -0.25) is 4.79 Å². The highest BCUT2D eigenvalue weighted by atomic mass is 35.5. The van der Waals surface area contributed by atoms with Gasteiger partial charge in [0.1, 0.15) is 0 Å². The molecular formula is C10H11ClF3NO. The van der Waals surface area contributed by atoms with E-state index in [0.717, 1.165) is 12.1 Å². The lowest BCUT2D eigenvalue weighted by atomic mass is 10.1. The topological polar surface area (TPSA) is 43.1 Å². The van der Waals surface area contributed by atoms with Gasteiger partial charge >= 0.3 is 6.18 Å². The van der Waals surface area contributed by atoms with Crippen molar-refractivity contribution >= 4 is 18.2 Å². The minimum atomic E-state index is -4.37. The summed E-state index contributed by atoms with van der Waals surface area (Å²) in [7, 11) is 0. The second-order valence-corrected chi connectivity index (χ2v) is 3.12. The van der Waals surface area contributed by atoms with E-state index in [1.54, 1.807) is 0 Å². The number of nitrogens with two attached hydrogens (primary N) is 1. The highest BCUT2D eigenvalue weighted by molar-refractivity contribution is 5.85. The van der Waals surface area contributed by atoms with Crippen LogP contribution in [0.1, 0.15) is 11.1 Å². The SMILES string of the molecule is Cl.NCC(=O)Cc1cccc(C(F)(F)F)c1. The molecule has 0 unspecified atom stereocenters. The molecule has 1 rings (SSSR count). The molecule has 0 fully saturated rings. The van der Waals surface area contributed by atoms with Crippen LogP contribution >= 0.6 is 12.4 Å². The Kier molecular flexibility index (Phi) is 5.47. The lowest BCUT2D eigenvalue weighted by molar-refractivity contribution is -0.137. The molecule has 16 heavy (non-hydrogen) atoms. The number of hydrogen-bond acceptors (Lipinski definition) is 2. The van der Waals surface area contributed by atoms with Gasteiger partial charge in [0.25, 0.3) is 0 Å². The van der Waals surface area contributed by atoms with Crippen molar-refractivity contribution in [2.24, 2.45) is 5.73 Å². The summed E-state index contributed by atoms with van der Waals surface area (Å²) in [5, 5.41) is 0. The van der Waals surface area contributed by atoms with Crippen LogP contribution in [0.5, 0.6) is 0 Å². The Bertz CT molecular complexity index is 365. The smallest absolute Gasteiger partial charge is 0.324 e. The van der Waals surface area contributed by atoms with E-state index in [1.807, 2.05) is 0 Å². The van der Waals surface area contributed by atoms with E-state index in [-0.39, 0.29) is 31.2 Å². The number of rotatable bonds is 3. The fourth-order valence-electron chi connectivity index (χ4n) is 1.16. The molecule has 0 heterocycles. The highest BCUT2D eigenvalue weighted by Gasteiger charge is 2.30. The van der Waals surface area contributed by atoms with E-state index in [4.69, 9.17) is 5.73 Å². The summed E-state index contributed by atoms with van der Waals surface area (Å²) < 4.78 is 36.8. The van der Waals surface area contributed by atoms with Crippen molar-refractivity contribution < 1.29 is 18.0 Å². The highest BCUT2D eigenvalue weighted by Crippen LogP contribution is 2.29. The normalized spacial score (nSPS) is 10.8. The maximum absolute atomic E-state index is 12.3. The Morgan fingerprint density at radius 3 is 2.44 bits per heavy atom. The zero-order valence-electron chi connectivity index (χ0n) is 8.25. The van der Waals surface area contributed by atoms with E-state index in [2.05, 4.69) is 0 Å². The molecule has 0 saturated carbocycles. The largest absolute Gasteiger partial charge is 0.416 e. The molecule has 0 aliphatic heterocycles. The number of alkyl halides is 3. The second kappa shape index (κ2) is 5.86. The molecule has 0 spiro atoms. The van der Waals surface area contributed by atoms with Gasteiger partial charge in [-0.25, -0.2) is 0 Å². The van der Waals surface area contributed by atoms with Gasteiger partial charge < -0.3 is 5.73 Å². The van der Waals surface area contributed by atoms with Crippen molar-refractivity contribution in [3.05, 3.63) is 35.4 Å². The Labute approximate surface area is 97.0 Å². The maximum Gasteiger partial charge on any atom is 0.416 e. The number of carbonyl (C=O) groups excluding carboxylic acids is 1. The predicted molar refractivity (Wildman–Crippen MR) is 56.5 cm³/mol. The first-order valence-electron chi connectivity index (χ1n) is 4.31. The Balaban J connectivity index is 0.00000225. The average molecular weight is 254 g/mol. The molecule has 0 aromatic heterocycles. The van der Waals surface area contributed by atoms with Crippen LogP contribution in [0.4, 0.5) is 13.2 Å². The van der Waals surface area contributed by atoms with Gasteiger partial charge in [0.15, 0.2) is 5.78 Å². The van der Waals surface area contributed by atoms with E-state index in [1.165, 1.54) is 12.1 Å². The minimum Gasteiger partial charge on any atom is -0.324 e. The van der Waals surface area contributed by atoms with Crippen LogP contribution in [0.25, 0.3) is 0 Å². The number of hydrogen-bond donors (Lipinski definition) is 1. The molecule has 2 N–H and O–H groups in total. The van der Waals surface area contributed by atoms with E-state index >= 15 is 0 Å². The number of halogens is 4. The Morgan fingerprint density at radius 1 is 1.31 bits per heavy atom. The van der Waals surface area contributed by atoms with Crippen molar-refractivity contribution in [3.63, 3.8) is 0 Å². The van der Waals surface area contributed by atoms with Crippen molar-refractivity contribution in [1.82, 2.24) is 0 Å². The molecule has 2 nitrogen and oxygen atoms in total. The molecule has 1 aromatic rings. The van der Waals surface area contributed by atoms with Crippen LogP contribution in [0.3, 0.4) is 0 Å². The van der Waals surface area contributed by atoms with Crippen molar-refractivity contribution in [2.45, 2.75) is 12.6 Å². The minimum absolute atomic E-state index is 0. The van der Waals surface area contributed by atoms with Gasteiger partial charge in [0.2, 0.25) is 0 Å². The molecule has 0 atom stereocenters. The van der Waals surface area contributed by atoms with Gasteiger partial charge in [-0.2, -0.15) is 13.2 Å². The van der Waals surface area contributed by atoms with Crippen molar-refractivity contribution in [1.29, 1.82) is 0 Å². The first-order valence-corrected chi connectivity index (χ1v) is 4.31. The fraction of sp³-hybridized carbons (Fsp3) is 0.300. The third-order valence-electron chi connectivity index (χ3n) is 1.88. The number of ketones is 1. The van der Waals surface area contributed by atoms with Crippen LogP contribution < -0.4 is 5.73 Å². The lowest BCUT2D eigenvalue weighted by Gasteiger charge is -2.07. The van der Waals surface area contributed by atoms with E-state index in [9.17, 15) is 18.0 Å². The molecule has 0 saturated heterocycles. The summed E-state index contributed by atoms with van der Waals surface area (Å²) in [4.78, 5) is 10.9. The van der Waals surface area contributed by atoms with Crippen LogP contribution in [0, 0.1) is 0 Å². The third kappa shape index (κ3) is 4.20. The Hall–Kier alpha value is -1.07. The monoisotopic (exact) mass is 253 g/mol. The van der Waals surface area contributed by atoms with E-state index < -0.39 is 11.7 Å². The molecule has 0 amide bonds. The predicted octanol–water partition coefficient (Wildman–Crippen LogP) is 2.20. The number of Topliss-reactive ketones (excluding diaryl/α,β-unsaturated/α-hetero) is 1. The van der Waals surface area contributed by atoms with Gasteiger partial charge in [0, 0.05) is 6.42 Å². The molecule has 1 aromatic carbocycles. The second-order valence-electron chi connectivity index (χ2n) is 3.12. The van der Waals surface area contributed by atoms with Gasteiger partial charge in [-0.15, -0.1) is 12.4 Å². The molecule has 0 radical (unpaired) electrons. The summed E-state index contributed by atoms with van der Waals surface area (Å²) in [6.07, 6.45) is -4.43. The summed E-state index contributed by atoms with van der Waals surface area (Å²) in [6, 6.07) is 4.69. The molecule has 0 aliphatic rings. The van der Waals surface area contributed by atoms with Crippen molar-refractivity contribution in [2.75, 3.05) is 6.54 Å². The standard InChI is InChI=1S/C10H10F3NO.ClH/c11-10(12,13)8-3-1-2-7(4-8)5-9(15)6-14;/h1-4H,5-6,14H2;1H. The molecule has 6 heteroatoms. The van der Waals surface area contributed by atoms with Gasteiger partial charge in [-0.1, -0.05) is 18.2 Å². The van der Waals surface area contributed by atoms with Gasteiger partial charge in [0.05, 0.1) is 12.1 Å². The van der Waals surface area contributed by atoms with Crippen LogP contribution in [0.15, 0.2) is 24.3 Å². The first kappa shape index (κ1) is 14.9. The zero-order valence-corrected chi connectivity index (χ0v) is 9.07. The molecule has 0 bridgehead atoms. The van der Waals surface area contributed by atoms with Crippen molar-refractivity contribution in [3.8, 4) is 0 Å². The molecule has 0 aliphatic carbocycles. The fourth-order valence-corrected chi connectivity index (χ4v) is 1.16. The van der Waals surface area contributed by atoms with Gasteiger partial charge in [-0.05, 0) is 11.6 Å². The third-order valence-corrected chi connectivity index (χ3v) is 1.88. The number of carbonyl (C=O) groups is 1. The lowest BCUT2D eigenvalue weighted by Crippen LogP contribution is -2.16. The van der Waals surface area contributed by atoms with Crippen LogP contribution in [-0.2, 0) is 17.4 Å². The Morgan fingerprint density at radius 2 is 1.94 bits per heavy atom. The summed E-state index contributed by atoms with van der Waals surface area (Å²) in [5.41, 5.74) is 4.66. The van der Waals surface area contributed by atoms with E-state index in [0.29, 0.717) is 5.56 Å². The maximum atomic E-state index is 12.3. The molecule has 90 valence electrons. The number of benzene rings is 1. The summed E-state index contributed by atoms with van der Waals surface area (Å²) >= 11 is 0. The first-order chi connectivity index (χ1) is 6.93. The zero-order chi connectivity index (χ0) is 11.5.